The van der Waals surface area contributed by atoms with Crippen molar-refractivity contribution in [3.05, 3.63) is 86.1 Å². The molecule has 0 unspecified atom stereocenters. The van der Waals surface area contributed by atoms with E-state index in [0.717, 1.165) is 0 Å². The number of amides is 1. The Kier molecular flexibility index (Phi) is 5.16. The standard InChI is InChI=1S/C17H12N6O5/c24-17(21-18-10-11-3-1-5-13(7-11)22(25)26)16-9-15(19-20-16)12-4-2-6-14(8-12)23(27)28/h1-10H,(H,19,20)(H,21,24)/b18-10-. The third kappa shape index (κ3) is 4.22. The van der Waals surface area contributed by atoms with Crippen molar-refractivity contribution in [2.75, 3.05) is 0 Å². The van der Waals surface area contributed by atoms with Gasteiger partial charge in [0.15, 0.2) is 0 Å². The molecule has 2 N–H and O–H groups in total. The highest BCUT2D eigenvalue weighted by atomic mass is 16.6. The van der Waals surface area contributed by atoms with Crippen LogP contribution in [-0.2, 0) is 0 Å². The molecule has 0 aliphatic heterocycles. The summed E-state index contributed by atoms with van der Waals surface area (Å²) < 4.78 is 0. The van der Waals surface area contributed by atoms with E-state index in [1.807, 2.05) is 0 Å². The van der Waals surface area contributed by atoms with Crippen molar-refractivity contribution < 1.29 is 14.6 Å². The Morgan fingerprint density at radius 3 is 2.43 bits per heavy atom. The molecule has 3 aromatic rings. The minimum Gasteiger partial charge on any atom is -0.272 e. The van der Waals surface area contributed by atoms with E-state index in [-0.39, 0.29) is 17.1 Å². The fraction of sp³-hybridized carbons (Fsp3) is 0. The van der Waals surface area contributed by atoms with Gasteiger partial charge in [0.1, 0.15) is 5.69 Å². The van der Waals surface area contributed by atoms with Crippen molar-refractivity contribution in [2.24, 2.45) is 5.10 Å². The SMILES string of the molecule is O=C(N/N=C\c1cccc([N+](=O)[O-])c1)c1cc(-c2cccc([N+](=O)[O-])c2)n[nH]1. The normalized spacial score (nSPS) is 10.7. The molecule has 0 saturated heterocycles. The van der Waals surface area contributed by atoms with Crippen LogP contribution in [0.2, 0.25) is 0 Å². The summed E-state index contributed by atoms with van der Waals surface area (Å²) in [6.45, 7) is 0. The second-order valence-electron chi connectivity index (χ2n) is 5.53. The number of nitro groups is 2. The van der Waals surface area contributed by atoms with Gasteiger partial charge in [-0.2, -0.15) is 10.2 Å². The summed E-state index contributed by atoms with van der Waals surface area (Å²) in [5, 5.41) is 31.8. The highest BCUT2D eigenvalue weighted by Gasteiger charge is 2.13. The number of benzene rings is 2. The number of carbonyl (C=O) groups is 1. The van der Waals surface area contributed by atoms with Crippen molar-refractivity contribution in [3.8, 4) is 11.3 Å². The predicted octanol–water partition coefficient (Wildman–Crippen LogP) is 2.66. The first kappa shape index (κ1) is 18.4. The number of rotatable bonds is 6. The summed E-state index contributed by atoms with van der Waals surface area (Å²) in [6, 6.07) is 13.0. The number of nitro benzene ring substituents is 2. The monoisotopic (exact) mass is 380 g/mol. The molecule has 0 bridgehead atoms. The summed E-state index contributed by atoms with van der Waals surface area (Å²) >= 11 is 0. The van der Waals surface area contributed by atoms with Crippen LogP contribution in [0.25, 0.3) is 11.3 Å². The maximum Gasteiger partial charge on any atom is 0.289 e. The molecule has 0 spiro atoms. The van der Waals surface area contributed by atoms with Gasteiger partial charge in [0.2, 0.25) is 0 Å². The van der Waals surface area contributed by atoms with Crippen molar-refractivity contribution in [1.82, 2.24) is 15.6 Å². The number of aromatic amines is 1. The third-order valence-electron chi connectivity index (χ3n) is 3.64. The van der Waals surface area contributed by atoms with Crippen LogP contribution >= 0.6 is 0 Å². The molecular formula is C17H12N6O5. The lowest BCUT2D eigenvalue weighted by Crippen LogP contribution is -2.18. The first-order chi connectivity index (χ1) is 13.4. The average Bonchev–Trinajstić information content (AvgIpc) is 3.18. The van der Waals surface area contributed by atoms with E-state index in [9.17, 15) is 25.0 Å². The van der Waals surface area contributed by atoms with Gasteiger partial charge in [0.25, 0.3) is 17.3 Å². The van der Waals surface area contributed by atoms with Gasteiger partial charge in [-0.15, -0.1) is 0 Å². The van der Waals surface area contributed by atoms with Gasteiger partial charge in [-0.25, -0.2) is 5.43 Å². The van der Waals surface area contributed by atoms with Crippen molar-refractivity contribution in [1.29, 1.82) is 0 Å². The number of aromatic nitrogens is 2. The highest BCUT2D eigenvalue weighted by Crippen LogP contribution is 2.22. The highest BCUT2D eigenvalue weighted by molar-refractivity contribution is 5.94. The number of non-ortho nitro benzene ring substituents is 2. The Morgan fingerprint density at radius 1 is 1.04 bits per heavy atom. The molecule has 1 heterocycles. The number of H-pyrrole nitrogens is 1. The number of carbonyl (C=O) groups excluding carboxylic acids is 1. The quantitative estimate of drug-likeness (QED) is 0.380. The van der Waals surface area contributed by atoms with Gasteiger partial charge in [-0.1, -0.05) is 24.3 Å². The van der Waals surface area contributed by atoms with E-state index >= 15 is 0 Å². The molecule has 0 aliphatic rings. The molecule has 11 heteroatoms. The van der Waals surface area contributed by atoms with Crippen LogP contribution in [0.5, 0.6) is 0 Å². The van der Waals surface area contributed by atoms with Crippen LogP contribution in [0.15, 0.2) is 59.7 Å². The topological polar surface area (TPSA) is 156 Å². The minimum absolute atomic E-state index is 0.0898. The molecule has 0 saturated carbocycles. The molecule has 3 rings (SSSR count). The Labute approximate surface area is 157 Å². The van der Waals surface area contributed by atoms with E-state index in [4.69, 9.17) is 0 Å². The Balaban J connectivity index is 1.69. The smallest absolute Gasteiger partial charge is 0.272 e. The summed E-state index contributed by atoms with van der Waals surface area (Å²) in [7, 11) is 0. The van der Waals surface area contributed by atoms with E-state index in [2.05, 4.69) is 20.7 Å². The molecule has 140 valence electrons. The third-order valence-corrected chi connectivity index (χ3v) is 3.64. The second-order valence-corrected chi connectivity index (χ2v) is 5.53. The van der Waals surface area contributed by atoms with Crippen LogP contribution in [-0.4, -0.2) is 32.2 Å². The lowest BCUT2D eigenvalue weighted by Gasteiger charge is -1.97. The van der Waals surface area contributed by atoms with Crippen LogP contribution in [0.1, 0.15) is 16.1 Å². The fourth-order valence-corrected chi connectivity index (χ4v) is 2.31. The number of hydrogen-bond donors (Lipinski definition) is 2. The molecular weight excluding hydrogens is 368 g/mol. The average molecular weight is 380 g/mol. The summed E-state index contributed by atoms with van der Waals surface area (Å²) in [5.74, 6) is -0.592. The molecule has 28 heavy (non-hydrogen) atoms. The van der Waals surface area contributed by atoms with Gasteiger partial charge in [0, 0.05) is 35.4 Å². The summed E-state index contributed by atoms with van der Waals surface area (Å²) in [4.78, 5) is 32.7. The van der Waals surface area contributed by atoms with Crippen molar-refractivity contribution >= 4 is 23.5 Å². The van der Waals surface area contributed by atoms with Gasteiger partial charge in [-0.3, -0.25) is 30.1 Å². The largest absolute Gasteiger partial charge is 0.289 e. The Morgan fingerprint density at radius 2 is 1.71 bits per heavy atom. The Hall–Kier alpha value is -4.41. The molecule has 0 radical (unpaired) electrons. The molecule has 0 fully saturated rings. The summed E-state index contributed by atoms with van der Waals surface area (Å²) in [5.41, 5.74) is 3.46. The fourth-order valence-electron chi connectivity index (χ4n) is 2.31. The lowest BCUT2D eigenvalue weighted by atomic mass is 10.1. The maximum absolute atomic E-state index is 12.1. The van der Waals surface area contributed by atoms with E-state index in [1.165, 1.54) is 48.7 Å². The molecule has 2 aromatic carbocycles. The lowest BCUT2D eigenvalue weighted by molar-refractivity contribution is -0.385. The number of nitrogens with zero attached hydrogens (tertiary/aromatic N) is 4. The molecule has 0 atom stereocenters. The maximum atomic E-state index is 12.1. The van der Waals surface area contributed by atoms with E-state index in [0.29, 0.717) is 16.8 Å². The van der Waals surface area contributed by atoms with Gasteiger partial charge >= 0.3 is 0 Å². The molecule has 11 nitrogen and oxygen atoms in total. The van der Waals surface area contributed by atoms with Crippen LogP contribution < -0.4 is 5.43 Å². The molecule has 0 aliphatic carbocycles. The van der Waals surface area contributed by atoms with E-state index in [1.54, 1.807) is 12.1 Å². The van der Waals surface area contributed by atoms with Gasteiger partial charge in [-0.05, 0) is 6.07 Å². The van der Waals surface area contributed by atoms with E-state index < -0.39 is 15.8 Å². The predicted molar refractivity (Wildman–Crippen MR) is 98.8 cm³/mol. The second kappa shape index (κ2) is 7.86. The van der Waals surface area contributed by atoms with Crippen LogP contribution in [0.4, 0.5) is 11.4 Å². The zero-order chi connectivity index (χ0) is 20.1. The van der Waals surface area contributed by atoms with Crippen LogP contribution in [0.3, 0.4) is 0 Å². The van der Waals surface area contributed by atoms with Gasteiger partial charge in [0.05, 0.1) is 21.8 Å². The number of nitrogens with one attached hydrogen (secondary N) is 2. The molecule has 1 aromatic heterocycles. The number of hydrogen-bond acceptors (Lipinski definition) is 7. The first-order valence-corrected chi connectivity index (χ1v) is 7.82. The number of hydrazone groups is 1. The molecule has 1 amide bonds. The zero-order valence-corrected chi connectivity index (χ0v) is 14.1. The summed E-state index contributed by atoms with van der Waals surface area (Å²) in [6.07, 6.45) is 1.27. The first-order valence-electron chi connectivity index (χ1n) is 7.82. The van der Waals surface area contributed by atoms with Crippen LogP contribution in [0, 0.1) is 20.2 Å². The Bertz CT molecular complexity index is 1090. The zero-order valence-electron chi connectivity index (χ0n) is 14.1. The minimum atomic E-state index is -0.592. The van der Waals surface area contributed by atoms with Gasteiger partial charge < -0.3 is 0 Å². The van der Waals surface area contributed by atoms with Crippen molar-refractivity contribution in [3.63, 3.8) is 0 Å². The van der Waals surface area contributed by atoms with Crippen molar-refractivity contribution in [2.45, 2.75) is 0 Å².